The smallest absolute Gasteiger partial charge is 0.100 e. The SMILES string of the molecule is C1CCC(N2N=N[C@H]3[C@H]4C[C@H]([C@@H]5N=N[C@H]45)[C@H]32)CC1. The highest BCUT2D eigenvalue weighted by molar-refractivity contribution is 5.20. The quantitative estimate of drug-likeness (QED) is 0.700. The van der Waals surface area contributed by atoms with E-state index in [1.165, 1.54) is 38.5 Å². The first kappa shape index (κ1) is 9.87. The Labute approximate surface area is 107 Å². The van der Waals surface area contributed by atoms with E-state index in [0.29, 0.717) is 42.0 Å². The van der Waals surface area contributed by atoms with Gasteiger partial charge >= 0.3 is 0 Å². The molecule has 2 bridgehead atoms. The average molecular weight is 245 g/mol. The molecule has 3 aliphatic carbocycles. The third kappa shape index (κ3) is 1.05. The minimum absolute atomic E-state index is 0.442. The molecule has 0 N–H and O–H groups in total. The van der Waals surface area contributed by atoms with Crippen LogP contribution in [0.4, 0.5) is 0 Å². The Bertz CT molecular complexity index is 427. The summed E-state index contributed by atoms with van der Waals surface area (Å²) in [6, 6.07) is 2.69. The van der Waals surface area contributed by atoms with Crippen molar-refractivity contribution in [3.63, 3.8) is 0 Å². The molecule has 5 aliphatic rings. The molecule has 18 heavy (non-hydrogen) atoms. The molecule has 3 saturated carbocycles. The lowest BCUT2D eigenvalue weighted by atomic mass is 9.81. The van der Waals surface area contributed by atoms with E-state index < -0.39 is 0 Å². The van der Waals surface area contributed by atoms with Crippen molar-refractivity contribution in [3.8, 4) is 0 Å². The highest BCUT2D eigenvalue weighted by Crippen LogP contribution is 2.56. The first-order valence-corrected chi connectivity index (χ1v) is 7.52. The van der Waals surface area contributed by atoms with Crippen molar-refractivity contribution in [2.24, 2.45) is 32.4 Å². The summed E-state index contributed by atoms with van der Waals surface area (Å²) in [6.45, 7) is 0. The van der Waals surface area contributed by atoms with E-state index in [0.717, 1.165) is 0 Å². The van der Waals surface area contributed by atoms with Gasteiger partial charge in [0.15, 0.2) is 0 Å². The first-order valence-electron chi connectivity index (χ1n) is 7.52. The van der Waals surface area contributed by atoms with Crippen LogP contribution in [0.25, 0.3) is 0 Å². The second-order valence-electron chi connectivity index (χ2n) is 6.63. The second-order valence-corrected chi connectivity index (χ2v) is 6.63. The molecule has 2 aliphatic heterocycles. The van der Waals surface area contributed by atoms with E-state index in [4.69, 9.17) is 0 Å². The Morgan fingerprint density at radius 1 is 0.778 bits per heavy atom. The van der Waals surface area contributed by atoms with Crippen LogP contribution >= 0.6 is 0 Å². The van der Waals surface area contributed by atoms with E-state index in [2.05, 4.69) is 25.6 Å². The normalized spacial score (nSPS) is 52.6. The molecule has 0 unspecified atom stereocenters. The molecular formula is C13H19N5. The van der Waals surface area contributed by atoms with Crippen LogP contribution in [-0.4, -0.2) is 35.2 Å². The third-order valence-electron chi connectivity index (χ3n) is 5.87. The summed E-state index contributed by atoms with van der Waals surface area (Å²) in [5, 5.41) is 20.2. The molecule has 5 nitrogen and oxygen atoms in total. The van der Waals surface area contributed by atoms with Gasteiger partial charge in [0.1, 0.15) is 18.1 Å². The molecule has 3 fully saturated rings. The van der Waals surface area contributed by atoms with Gasteiger partial charge in [0.2, 0.25) is 0 Å². The molecule has 96 valence electrons. The third-order valence-corrected chi connectivity index (χ3v) is 5.87. The van der Waals surface area contributed by atoms with Crippen LogP contribution in [0, 0.1) is 11.8 Å². The van der Waals surface area contributed by atoms with Crippen molar-refractivity contribution in [1.29, 1.82) is 0 Å². The summed E-state index contributed by atoms with van der Waals surface area (Å²) in [6.07, 6.45) is 8.06. The van der Waals surface area contributed by atoms with Crippen molar-refractivity contribution < 1.29 is 0 Å². The number of nitrogens with zero attached hydrogens (tertiary/aromatic N) is 5. The van der Waals surface area contributed by atoms with E-state index in [9.17, 15) is 0 Å². The predicted molar refractivity (Wildman–Crippen MR) is 65.2 cm³/mol. The predicted octanol–water partition coefficient (Wildman–Crippen LogP) is 2.59. The maximum Gasteiger partial charge on any atom is 0.100 e. The van der Waals surface area contributed by atoms with E-state index in [-0.39, 0.29) is 0 Å². The van der Waals surface area contributed by atoms with Crippen molar-refractivity contribution in [3.05, 3.63) is 0 Å². The van der Waals surface area contributed by atoms with Gasteiger partial charge in [0.05, 0.1) is 6.04 Å². The lowest BCUT2D eigenvalue weighted by molar-refractivity contribution is 0.0720. The fourth-order valence-corrected chi connectivity index (χ4v) is 5.03. The molecule has 0 amide bonds. The number of hydrogen-bond acceptors (Lipinski definition) is 5. The maximum absolute atomic E-state index is 4.61. The molecule has 6 atom stereocenters. The maximum atomic E-state index is 4.61. The van der Waals surface area contributed by atoms with Gasteiger partial charge in [-0.15, -0.1) is 0 Å². The topological polar surface area (TPSA) is 52.7 Å². The molecule has 5 heteroatoms. The van der Waals surface area contributed by atoms with Gasteiger partial charge in [-0.2, -0.15) is 15.3 Å². The van der Waals surface area contributed by atoms with Crippen LogP contribution in [0.1, 0.15) is 38.5 Å². The lowest BCUT2D eigenvalue weighted by Crippen LogP contribution is -2.54. The van der Waals surface area contributed by atoms with Gasteiger partial charge in [-0.3, -0.25) is 5.01 Å². The molecule has 0 saturated heterocycles. The Balaban J connectivity index is 1.44. The van der Waals surface area contributed by atoms with Crippen molar-refractivity contribution >= 4 is 0 Å². The van der Waals surface area contributed by atoms with Gasteiger partial charge < -0.3 is 0 Å². The molecule has 0 aromatic heterocycles. The summed E-state index contributed by atoms with van der Waals surface area (Å²) in [5.74, 6) is 1.35. The molecule has 2 heterocycles. The number of hydrogen-bond donors (Lipinski definition) is 0. The Kier molecular flexibility index (Phi) is 1.81. The summed E-state index contributed by atoms with van der Waals surface area (Å²) in [4.78, 5) is 0. The van der Waals surface area contributed by atoms with Crippen LogP contribution in [0.5, 0.6) is 0 Å². The average Bonchev–Trinajstić information content (AvgIpc) is 2.98. The standard InChI is InChI=1S/C13H19N5/c1-2-4-7(5-3-1)18-13-9-6-8(12(13)16-17-18)10-11(9)15-14-10/h7-13H,1-6H2/t8-,9+,10+,11-,12-,13+/m0/s1. The fourth-order valence-electron chi connectivity index (χ4n) is 5.03. The minimum atomic E-state index is 0.442. The Hall–Kier alpha value is -1.00. The van der Waals surface area contributed by atoms with Gasteiger partial charge in [-0.25, -0.2) is 0 Å². The monoisotopic (exact) mass is 245 g/mol. The zero-order valence-corrected chi connectivity index (χ0v) is 10.5. The Morgan fingerprint density at radius 2 is 1.56 bits per heavy atom. The van der Waals surface area contributed by atoms with Crippen LogP contribution in [0.3, 0.4) is 0 Å². The van der Waals surface area contributed by atoms with Crippen LogP contribution in [-0.2, 0) is 0 Å². The summed E-state index contributed by atoms with van der Waals surface area (Å²) in [7, 11) is 0. The van der Waals surface area contributed by atoms with Crippen LogP contribution < -0.4 is 0 Å². The van der Waals surface area contributed by atoms with Crippen molar-refractivity contribution in [2.45, 2.75) is 68.7 Å². The molecule has 0 radical (unpaired) electrons. The molecule has 0 aromatic carbocycles. The van der Waals surface area contributed by atoms with Crippen molar-refractivity contribution in [2.75, 3.05) is 0 Å². The van der Waals surface area contributed by atoms with Gasteiger partial charge in [0, 0.05) is 17.9 Å². The summed E-state index contributed by atoms with van der Waals surface area (Å²) >= 11 is 0. The number of azo groups is 1. The molecule has 5 rings (SSSR count). The van der Waals surface area contributed by atoms with Gasteiger partial charge in [-0.05, 0) is 19.3 Å². The van der Waals surface area contributed by atoms with Gasteiger partial charge in [0.25, 0.3) is 0 Å². The minimum Gasteiger partial charge on any atom is -0.270 e. The zero-order chi connectivity index (χ0) is 11.7. The van der Waals surface area contributed by atoms with E-state index >= 15 is 0 Å². The van der Waals surface area contributed by atoms with Crippen LogP contribution in [0.15, 0.2) is 20.6 Å². The van der Waals surface area contributed by atoms with Crippen molar-refractivity contribution in [1.82, 2.24) is 5.01 Å². The largest absolute Gasteiger partial charge is 0.270 e. The van der Waals surface area contributed by atoms with E-state index in [1.807, 2.05) is 0 Å². The number of rotatable bonds is 1. The fraction of sp³-hybridized carbons (Fsp3) is 1.00. The number of fused-ring (bicyclic) bond motifs is 8. The van der Waals surface area contributed by atoms with Gasteiger partial charge in [-0.1, -0.05) is 24.5 Å². The molecule has 0 spiro atoms. The zero-order valence-electron chi connectivity index (χ0n) is 10.5. The molecule has 0 aromatic rings. The van der Waals surface area contributed by atoms with Crippen LogP contribution in [0.2, 0.25) is 0 Å². The summed E-state index contributed by atoms with van der Waals surface area (Å²) in [5.41, 5.74) is 0. The first-order chi connectivity index (χ1) is 8.93. The highest BCUT2D eigenvalue weighted by Gasteiger charge is 2.65. The lowest BCUT2D eigenvalue weighted by Gasteiger charge is -2.41. The second kappa shape index (κ2) is 3.31. The summed E-state index contributed by atoms with van der Waals surface area (Å²) < 4.78 is 0. The molecular weight excluding hydrogens is 226 g/mol. The Morgan fingerprint density at radius 3 is 2.33 bits per heavy atom. The van der Waals surface area contributed by atoms with E-state index in [1.54, 1.807) is 0 Å². The highest BCUT2D eigenvalue weighted by atomic mass is 15.6.